The number of nitrogens with zero attached hydrogens (tertiary/aromatic N) is 1. The van der Waals surface area contributed by atoms with Crippen molar-refractivity contribution in [1.82, 2.24) is 5.32 Å². The van der Waals surface area contributed by atoms with Crippen molar-refractivity contribution in [3.8, 4) is 5.75 Å². The first-order valence-electron chi connectivity index (χ1n) is 10.2. The number of ether oxygens (including phenoxy) is 1. The number of carbonyl (C=O) groups excluding carboxylic acids is 1. The molecule has 168 valence electrons. The van der Waals surface area contributed by atoms with Gasteiger partial charge in [-0.25, -0.2) is 12.8 Å². The maximum absolute atomic E-state index is 13.3. The minimum absolute atomic E-state index is 0.0771. The lowest BCUT2D eigenvalue weighted by atomic mass is 10.1. The molecule has 1 amide bonds. The Morgan fingerprint density at radius 2 is 1.62 bits per heavy atom. The quantitative estimate of drug-likeness (QED) is 0.521. The van der Waals surface area contributed by atoms with Crippen molar-refractivity contribution in [2.75, 3.05) is 17.5 Å². The fourth-order valence-electron chi connectivity index (χ4n) is 3.16. The van der Waals surface area contributed by atoms with Gasteiger partial charge in [0.1, 0.15) is 18.1 Å². The summed E-state index contributed by atoms with van der Waals surface area (Å²) in [6.45, 7) is 3.66. The summed E-state index contributed by atoms with van der Waals surface area (Å²) < 4.78 is 46.4. The summed E-state index contributed by atoms with van der Waals surface area (Å²) in [5, 5.41) is 2.78. The van der Waals surface area contributed by atoms with E-state index in [1.54, 1.807) is 61.5 Å². The van der Waals surface area contributed by atoms with Crippen LogP contribution in [0.1, 0.15) is 25.5 Å². The van der Waals surface area contributed by atoms with Crippen molar-refractivity contribution in [1.29, 1.82) is 0 Å². The van der Waals surface area contributed by atoms with Crippen LogP contribution >= 0.6 is 0 Å². The van der Waals surface area contributed by atoms with Gasteiger partial charge in [0.05, 0.1) is 23.2 Å². The van der Waals surface area contributed by atoms with Crippen LogP contribution in [0.4, 0.5) is 10.1 Å². The molecule has 0 bridgehead atoms. The Hall–Kier alpha value is -3.39. The number of rotatable bonds is 9. The molecule has 0 radical (unpaired) electrons. The van der Waals surface area contributed by atoms with Crippen molar-refractivity contribution in [3.63, 3.8) is 0 Å². The molecule has 3 aromatic carbocycles. The van der Waals surface area contributed by atoms with Crippen LogP contribution in [0.3, 0.4) is 0 Å². The largest absolute Gasteiger partial charge is 0.494 e. The third-order valence-electron chi connectivity index (χ3n) is 4.80. The molecule has 0 unspecified atom stereocenters. The number of amides is 1. The first kappa shape index (κ1) is 23.3. The Balaban J connectivity index is 1.86. The summed E-state index contributed by atoms with van der Waals surface area (Å²) in [6, 6.07) is 19.8. The van der Waals surface area contributed by atoms with Crippen LogP contribution in [-0.2, 0) is 14.8 Å². The van der Waals surface area contributed by atoms with Crippen LogP contribution in [0.25, 0.3) is 0 Å². The van der Waals surface area contributed by atoms with Gasteiger partial charge in [-0.1, -0.05) is 30.3 Å². The molecule has 3 rings (SSSR count). The summed E-state index contributed by atoms with van der Waals surface area (Å²) in [6.07, 6.45) is 0. The zero-order valence-electron chi connectivity index (χ0n) is 17.9. The SMILES string of the molecule is CCOc1ccc(N(CC(=O)N[C@H](C)c2ccc(F)cc2)S(=O)(=O)c2ccccc2)cc1. The lowest BCUT2D eigenvalue weighted by Crippen LogP contribution is -2.41. The van der Waals surface area contributed by atoms with Crippen molar-refractivity contribution < 1.29 is 22.3 Å². The monoisotopic (exact) mass is 456 g/mol. The molecular formula is C24H25FN2O4S. The molecule has 0 aliphatic heterocycles. The molecule has 32 heavy (non-hydrogen) atoms. The first-order chi connectivity index (χ1) is 15.3. The van der Waals surface area contributed by atoms with E-state index in [2.05, 4.69) is 5.32 Å². The maximum Gasteiger partial charge on any atom is 0.264 e. The molecule has 0 saturated carbocycles. The van der Waals surface area contributed by atoms with E-state index in [1.165, 1.54) is 24.3 Å². The average molecular weight is 457 g/mol. The molecule has 0 saturated heterocycles. The number of hydrogen-bond donors (Lipinski definition) is 1. The number of anilines is 1. The Morgan fingerprint density at radius 1 is 1.00 bits per heavy atom. The molecule has 8 heteroatoms. The van der Waals surface area contributed by atoms with E-state index < -0.39 is 28.5 Å². The lowest BCUT2D eigenvalue weighted by molar-refractivity contribution is -0.120. The standard InChI is InChI=1S/C24H25FN2O4S/c1-3-31-22-15-13-21(14-16-22)27(32(29,30)23-7-5-4-6-8-23)17-24(28)26-18(2)19-9-11-20(25)12-10-19/h4-16,18H,3,17H2,1-2H3,(H,26,28)/t18-/m1/s1. The van der Waals surface area contributed by atoms with Gasteiger partial charge in [0, 0.05) is 0 Å². The van der Waals surface area contributed by atoms with Crippen LogP contribution in [0.5, 0.6) is 5.75 Å². The topological polar surface area (TPSA) is 75.7 Å². The van der Waals surface area contributed by atoms with Crippen molar-refractivity contribution >= 4 is 21.6 Å². The van der Waals surface area contributed by atoms with Crippen LogP contribution in [-0.4, -0.2) is 27.5 Å². The van der Waals surface area contributed by atoms with Crippen LogP contribution in [0.15, 0.2) is 83.8 Å². The van der Waals surface area contributed by atoms with Gasteiger partial charge < -0.3 is 10.1 Å². The summed E-state index contributed by atoms with van der Waals surface area (Å²) >= 11 is 0. The zero-order valence-corrected chi connectivity index (χ0v) is 18.7. The highest BCUT2D eigenvalue weighted by Crippen LogP contribution is 2.26. The molecule has 0 aliphatic carbocycles. The molecule has 3 aromatic rings. The highest BCUT2D eigenvalue weighted by Gasteiger charge is 2.27. The molecule has 0 fully saturated rings. The number of carbonyl (C=O) groups is 1. The van der Waals surface area contributed by atoms with Gasteiger partial charge >= 0.3 is 0 Å². The fourth-order valence-corrected chi connectivity index (χ4v) is 4.60. The average Bonchev–Trinajstić information content (AvgIpc) is 2.79. The highest BCUT2D eigenvalue weighted by molar-refractivity contribution is 7.92. The third kappa shape index (κ3) is 5.64. The molecule has 0 spiro atoms. The lowest BCUT2D eigenvalue weighted by Gasteiger charge is -2.25. The summed E-state index contributed by atoms with van der Waals surface area (Å²) in [4.78, 5) is 12.9. The Kier molecular flexibility index (Phi) is 7.48. The summed E-state index contributed by atoms with van der Waals surface area (Å²) in [5.41, 5.74) is 1.04. The number of benzene rings is 3. The zero-order chi connectivity index (χ0) is 23.1. The van der Waals surface area contributed by atoms with Crippen molar-refractivity contribution in [3.05, 3.63) is 90.2 Å². The number of nitrogens with one attached hydrogen (secondary N) is 1. The predicted octanol–water partition coefficient (Wildman–Crippen LogP) is 4.30. The van der Waals surface area contributed by atoms with E-state index >= 15 is 0 Å². The van der Waals surface area contributed by atoms with Crippen molar-refractivity contribution in [2.24, 2.45) is 0 Å². The summed E-state index contributed by atoms with van der Waals surface area (Å²) in [5.74, 6) is -0.263. The number of halogens is 1. The molecular weight excluding hydrogens is 431 g/mol. The van der Waals surface area contributed by atoms with E-state index in [0.29, 0.717) is 23.6 Å². The van der Waals surface area contributed by atoms with Gasteiger partial charge in [0.15, 0.2) is 0 Å². The van der Waals surface area contributed by atoms with Crippen LogP contribution in [0, 0.1) is 5.82 Å². The minimum atomic E-state index is -4.00. The van der Waals surface area contributed by atoms with Crippen molar-refractivity contribution in [2.45, 2.75) is 24.8 Å². The van der Waals surface area contributed by atoms with E-state index in [4.69, 9.17) is 4.74 Å². The molecule has 0 aliphatic rings. The second-order valence-electron chi connectivity index (χ2n) is 7.09. The minimum Gasteiger partial charge on any atom is -0.494 e. The van der Waals surface area contributed by atoms with Crippen LogP contribution in [0.2, 0.25) is 0 Å². The second kappa shape index (κ2) is 10.3. The van der Waals surface area contributed by atoms with E-state index in [9.17, 15) is 17.6 Å². The molecule has 6 nitrogen and oxygen atoms in total. The van der Waals surface area contributed by atoms with Gasteiger partial charge in [-0.3, -0.25) is 9.10 Å². The van der Waals surface area contributed by atoms with Gasteiger partial charge in [0.2, 0.25) is 5.91 Å². The summed E-state index contributed by atoms with van der Waals surface area (Å²) in [7, 11) is -4.00. The van der Waals surface area contributed by atoms with E-state index in [1.807, 2.05) is 6.92 Å². The van der Waals surface area contributed by atoms with Crippen LogP contribution < -0.4 is 14.4 Å². The maximum atomic E-state index is 13.3. The van der Waals surface area contributed by atoms with Gasteiger partial charge in [-0.2, -0.15) is 0 Å². The third-order valence-corrected chi connectivity index (χ3v) is 6.59. The second-order valence-corrected chi connectivity index (χ2v) is 8.95. The smallest absolute Gasteiger partial charge is 0.264 e. The molecule has 1 N–H and O–H groups in total. The predicted molar refractivity (Wildman–Crippen MR) is 122 cm³/mol. The Bertz CT molecular complexity index is 1130. The van der Waals surface area contributed by atoms with Gasteiger partial charge in [-0.15, -0.1) is 0 Å². The first-order valence-corrected chi connectivity index (χ1v) is 11.6. The normalized spacial score (nSPS) is 12.1. The Labute approximate surface area is 187 Å². The highest BCUT2D eigenvalue weighted by atomic mass is 32.2. The molecule has 0 aromatic heterocycles. The fraction of sp³-hybridized carbons (Fsp3) is 0.208. The van der Waals surface area contributed by atoms with E-state index in [0.717, 1.165) is 4.31 Å². The number of hydrogen-bond acceptors (Lipinski definition) is 4. The number of sulfonamides is 1. The molecule has 1 atom stereocenters. The van der Waals surface area contributed by atoms with E-state index in [-0.39, 0.29) is 10.7 Å². The van der Waals surface area contributed by atoms with Gasteiger partial charge in [0.25, 0.3) is 10.0 Å². The Morgan fingerprint density at radius 3 is 2.22 bits per heavy atom. The molecule has 0 heterocycles. The van der Waals surface area contributed by atoms with Gasteiger partial charge in [-0.05, 0) is 67.9 Å².